The molecule has 2 aromatic carbocycles. The number of nitrogens with zero attached hydrogens (tertiary/aromatic N) is 3. The number of likely N-dealkylation sites (tertiary alicyclic amines) is 1. The third-order valence-electron chi connectivity index (χ3n) is 6.63. The van der Waals surface area contributed by atoms with Crippen molar-refractivity contribution in [2.45, 2.75) is 37.1 Å². The van der Waals surface area contributed by atoms with Crippen LogP contribution in [-0.4, -0.2) is 60.3 Å². The Balaban J connectivity index is 1.36. The zero-order chi connectivity index (χ0) is 22.3. The van der Waals surface area contributed by atoms with E-state index < -0.39 is 18.2 Å². The van der Waals surface area contributed by atoms with Crippen LogP contribution in [0.3, 0.4) is 0 Å². The van der Waals surface area contributed by atoms with Crippen molar-refractivity contribution in [3.05, 3.63) is 71.0 Å². The summed E-state index contributed by atoms with van der Waals surface area (Å²) < 4.78 is 57.8. The van der Waals surface area contributed by atoms with Crippen molar-refractivity contribution >= 4 is 6.02 Å². The van der Waals surface area contributed by atoms with Crippen LogP contribution in [0.1, 0.15) is 35.6 Å². The van der Waals surface area contributed by atoms with E-state index in [-0.39, 0.29) is 18.4 Å². The van der Waals surface area contributed by atoms with E-state index in [4.69, 9.17) is 9.73 Å². The third kappa shape index (κ3) is 4.20. The molecule has 0 aliphatic carbocycles. The molecule has 4 nitrogen and oxygen atoms in total. The minimum Gasteiger partial charge on any atom is -0.455 e. The van der Waals surface area contributed by atoms with Crippen molar-refractivity contribution in [3.8, 4) is 0 Å². The Hall–Kier alpha value is -2.61. The van der Waals surface area contributed by atoms with E-state index in [1.54, 1.807) is 12.1 Å². The van der Waals surface area contributed by atoms with Gasteiger partial charge in [-0.2, -0.15) is 13.2 Å². The van der Waals surface area contributed by atoms with Crippen molar-refractivity contribution < 1.29 is 22.3 Å². The van der Waals surface area contributed by atoms with Gasteiger partial charge in [-0.15, -0.1) is 0 Å². The van der Waals surface area contributed by atoms with Crippen molar-refractivity contribution in [2.75, 3.05) is 32.7 Å². The van der Waals surface area contributed by atoms with Gasteiger partial charge in [0.2, 0.25) is 0 Å². The number of fused-ring (bicyclic) bond motifs is 1. The summed E-state index contributed by atoms with van der Waals surface area (Å²) >= 11 is 0. The van der Waals surface area contributed by atoms with Gasteiger partial charge in [-0.25, -0.2) is 9.38 Å². The van der Waals surface area contributed by atoms with Gasteiger partial charge in [-0.05, 0) is 35.2 Å². The van der Waals surface area contributed by atoms with E-state index in [9.17, 15) is 17.6 Å². The van der Waals surface area contributed by atoms with E-state index in [1.165, 1.54) is 17.7 Å². The zero-order valence-corrected chi connectivity index (χ0v) is 17.6. The monoisotopic (exact) mass is 447 g/mol. The average Bonchev–Trinajstić information content (AvgIpc) is 3.38. The predicted octanol–water partition coefficient (Wildman–Crippen LogP) is 4.56. The second-order valence-electron chi connectivity index (χ2n) is 8.87. The van der Waals surface area contributed by atoms with Gasteiger partial charge < -0.3 is 9.64 Å². The standard InChI is InChI=1S/C24H25F4N3O/c25-19-7-5-18(6-8-19)21-20-4-2-1-3-17(20)9-12-31(21)22-29-15-23(32-22)10-13-30(16-23)14-11-24(26,27)28/h1-8,21H,9-16H2/t21-,23?/m0/s1. The summed E-state index contributed by atoms with van der Waals surface area (Å²) in [7, 11) is 0. The number of ether oxygens (including phenoxy) is 1. The zero-order valence-electron chi connectivity index (χ0n) is 17.6. The highest BCUT2D eigenvalue weighted by atomic mass is 19.4. The van der Waals surface area contributed by atoms with Gasteiger partial charge in [0.15, 0.2) is 0 Å². The molecule has 170 valence electrons. The summed E-state index contributed by atoms with van der Waals surface area (Å²) in [5.74, 6) is -0.289. The van der Waals surface area contributed by atoms with Crippen LogP contribution in [0.25, 0.3) is 0 Å². The molecule has 3 aliphatic rings. The van der Waals surface area contributed by atoms with Crippen LogP contribution in [0.5, 0.6) is 0 Å². The van der Waals surface area contributed by atoms with Gasteiger partial charge in [0.25, 0.3) is 6.02 Å². The molecule has 0 radical (unpaired) electrons. The molecule has 0 aromatic heterocycles. The van der Waals surface area contributed by atoms with Crippen LogP contribution in [0, 0.1) is 5.82 Å². The molecule has 32 heavy (non-hydrogen) atoms. The largest absolute Gasteiger partial charge is 0.455 e. The fraction of sp³-hybridized carbons (Fsp3) is 0.458. The molecule has 0 N–H and O–H groups in total. The Bertz CT molecular complexity index is 1010. The number of amidine groups is 1. The number of hydrogen-bond acceptors (Lipinski definition) is 4. The normalized spacial score (nSPS) is 25.7. The van der Waals surface area contributed by atoms with E-state index >= 15 is 0 Å². The van der Waals surface area contributed by atoms with E-state index in [0.29, 0.717) is 38.6 Å². The second-order valence-corrected chi connectivity index (χ2v) is 8.87. The lowest BCUT2D eigenvalue weighted by molar-refractivity contribution is -0.137. The first-order valence-electron chi connectivity index (χ1n) is 10.9. The Morgan fingerprint density at radius 1 is 1.06 bits per heavy atom. The minimum absolute atomic E-state index is 0.0146. The van der Waals surface area contributed by atoms with Gasteiger partial charge in [0, 0.05) is 32.6 Å². The summed E-state index contributed by atoms with van der Waals surface area (Å²) in [4.78, 5) is 8.63. The van der Waals surface area contributed by atoms with Crippen LogP contribution in [-0.2, 0) is 11.2 Å². The SMILES string of the molecule is Fc1ccc([C@H]2c3ccccc3CCN2C2=NCC3(CCN(CCC(F)(F)F)C3)O2)cc1. The fourth-order valence-corrected chi connectivity index (χ4v) is 5.01. The first-order chi connectivity index (χ1) is 15.3. The molecule has 2 aromatic rings. The van der Waals surface area contributed by atoms with Gasteiger partial charge in [-0.1, -0.05) is 36.4 Å². The van der Waals surface area contributed by atoms with Crippen molar-refractivity contribution in [1.82, 2.24) is 9.80 Å². The fourth-order valence-electron chi connectivity index (χ4n) is 5.01. The highest BCUT2D eigenvalue weighted by Crippen LogP contribution is 2.39. The van der Waals surface area contributed by atoms with E-state index in [2.05, 4.69) is 17.0 Å². The van der Waals surface area contributed by atoms with Crippen LogP contribution < -0.4 is 0 Å². The molecule has 1 saturated heterocycles. The molecule has 0 amide bonds. The predicted molar refractivity (Wildman–Crippen MR) is 113 cm³/mol. The molecule has 1 spiro atoms. The summed E-state index contributed by atoms with van der Waals surface area (Å²) in [6, 6.07) is 15.1. The molecule has 0 saturated carbocycles. The highest BCUT2D eigenvalue weighted by molar-refractivity contribution is 5.78. The Kier molecular flexibility index (Phi) is 5.35. The summed E-state index contributed by atoms with van der Waals surface area (Å²) in [6.45, 7) is 2.15. The number of alkyl halides is 3. The number of hydrogen-bond donors (Lipinski definition) is 0. The van der Waals surface area contributed by atoms with Crippen LogP contribution >= 0.6 is 0 Å². The molecule has 0 bridgehead atoms. The topological polar surface area (TPSA) is 28.1 Å². The average molecular weight is 447 g/mol. The molecule has 3 heterocycles. The lowest BCUT2D eigenvalue weighted by Gasteiger charge is -2.39. The maximum atomic E-state index is 13.6. The molecule has 1 unspecified atom stereocenters. The van der Waals surface area contributed by atoms with E-state index in [1.807, 2.05) is 17.0 Å². The van der Waals surface area contributed by atoms with Gasteiger partial charge in [-0.3, -0.25) is 4.90 Å². The van der Waals surface area contributed by atoms with Gasteiger partial charge in [0.05, 0.1) is 19.0 Å². The van der Waals surface area contributed by atoms with Crippen LogP contribution in [0.15, 0.2) is 53.5 Å². The lowest BCUT2D eigenvalue weighted by Crippen LogP contribution is -2.44. The van der Waals surface area contributed by atoms with Crippen LogP contribution in [0.4, 0.5) is 17.6 Å². The number of benzene rings is 2. The number of aliphatic imine (C=N–C) groups is 1. The van der Waals surface area contributed by atoms with Gasteiger partial charge in [0.1, 0.15) is 11.4 Å². The lowest BCUT2D eigenvalue weighted by atomic mass is 9.88. The molecule has 8 heteroatoms. The molecular weight excluding hydrogens is 422 g/mol. The highest BCUT2D eigenvalue weighted by Gasteiger charge is 2.47. The minimum atomic E-state index is -4.16. The number of halogens is 4. The third-order valence-corrected chi connectivity index (χ3v) is 6.63. The Labute approximate surface area is 184 Å². The number of rotatable bonds is 3. The Morgan fingerprint density at radius 2 is 1.84 bits per heavy atom. The Morgan fingerprint density at radius 3 is 2.62 bits per heavy atom. The molecule has 3 aliphatic heterocycles. The summed E-state index contributed by atoms with van der Waals surface area (Å²) in [6.07, 6.45) is -3.48. The molecule has 2 atom stereocenters. The maximum Gasteiger partial charge on any atom is 0.390 e. The molecular formula is C24H25F4N3O. The van der Waals surface area contributed by atoms with Crippen LogP contribution in [0.2, 0.25) is 0 Å². The molecule has 5 rings (SSSR count). The first kappa shape index (κ1) is 21.2. The second kappa shape index (κ2) is 8.06. The smallest absolute Gasteiger partial charge is 0.390 e. The quantitative estimate of drug-likeness (QED) is 0.646. The first-order valence-corrected chi connectivity index (χ1v) is 10.9. The summed E-state index contributed by atoms with van der Waals surface area (Å²) in [5.41, 5.74) is 2.76. The molecule has 1 fully saturated rings. The van der Waals surface area contributed by atoms with Crippen molar-refractivity contribution in [1.29, 1.82) is 0 Å². The van der Waals surface area contributed by atoms with Gasteiger partial charge >= 0.3 is 6.18 Å². The van der Waals surface area contributed by atoms with E-state index in [0.717, 1.165) is 17.5 Å². The van der Waals surface area contributed by atoms with Crippen molar-refractivity contribution in [3.63, 3.8) is 0 Å². The maximum absolute atomic E-state index is 13.6. The van der Waals surface area contributed by atoms with Crippen molar-refractivity contribution in [2.24, 2.45) is 4.99 Å². The summed E-state index contributed by atoms with van der Waals surface area (Å²) in [5, 5.41) is 0.